The lowest BCUT2D eigenvalue weighted by atomic mass is 10.3. The Balaban J connectivity index is 2.17. The predicted molar refractivity (Wildman–Crippen MR) is 78.8 cm³/mol. The van der Waals surface area contributed by atoms with E-state index >= 15 is 0 Å². The molecule has 0 bridgehead atoms. The van der Waals surface area contributed by atoms with Crippen LogP contribution in [-0.4, -0.2) is 54.9 Å². The highest BCUT2D eigenvalue weighted by Crippen LogP contribution is 2.21. The first kappa shape index (κ1) is 15.6. The van der Waals surface area contributed by atoms with Crippen molar-refractivity contribution in [1.82, 2.24) is 4.90 Å². The topological polar surface area (TPSA) is 70.1 Å². The highest BCUT2D eigenvalue weighted by Gasteiger charge is 2.30. The Labute approximate surface area is 127 Å². The molecule has 1 aromatic carbocycles. The number of likely N-dealkylation sites (tertiary alicyclic amines) is 1. The number of carboxylic acid groups (broad SMARTS) is 1. The number of methoxy groups -OCH3 is 1. The van der Waals surface area contributed by atoms with Gasteiger partial charge in [-0.25, -0.2) is 4.79 Å². The van der Waals surface area contributed by atoms with Gasteiger partial charge in [0.15, 0.2) is 0 Å². The summed E-state index contributed by atoms with van der Waals surface area (Å²) in [6.45, 7) is 0.634. The Hall–Kier alpha value is -1.79. The van der Waals surface area contributed by atoms with Crippen LogP contribution in [-0.2, 0) is 9.53 Å². The summed E-state index contributed by atoms with van der Waals surface area (Å²) in [7, 11) is 1.60. The molecular formula is C14H17ClN2O4. The minimum Gasteiger partial charge on any atom is -0.480 e. The average molecular weight is 313 g/mol. The third-order valence-electron chi connectivity index (χ3n) is 3.41. The highest BCUT2D eigenvalue weighted by atomic mass is 35.5. The quantitative estimate of drug-likeness (QED) is 0.924. The molecule has 0 aliphatic carbocycles. The summed E-state index contributed by atoms with van der Waals surface area (Å²) >= 11 is 5.82. The van der Waals surface area contributed by atoms with E-state index in [-0.39, 0.29) is 12.1 Å². The molecule has 1 N–H and O–H groups in total. The normalized spacial score (nSPS) is 17.8. The first-order chi connectivity index (χ1) is 10.0. The second-order valence-electron chi connectivity index (χ2n) is 4.83. The van der Waals surface area contributed by atoms with E-state index in [1.54, 1.807) is 36.3 Å². The molecule has 1 saturated heterocycles. The van der Waals surface area contributed by atoms with E-state index in [1.807, 2.05) is 0 Å². The molecule has 1 aliphatic rings. The van der Waals surface area contributed by atoms with Crippen molar-refractivity contribution in [2.45, 2.75) is 12.5 Å². The largest absolute Gasteiger partial charge is 0.480 e. The van der Waals surface area contributed by atoms with Crippen molar-refractivity contribution in [3.8, 4) is 0 Å². The van der Waals surface area contributed by atoms with Crippen LogP contribution in [0.3, 0.4) is 0 Å². The maximum Gasteiger partial charge on any atom is 0.325 e. The SMILES string of the molecule is COC1CCN(C(=O)N(CC(=O)O)c2ccc(Cl)cc2)C1. The molecule has 114 valence electrons. The second-order valence-corrected chi connectivity index (χ2v) is 5.27. The fourth-order valence-corrected chi connectivity index (χ4v) is 2.42. The maximum absolute atomic E-state index is 12.5. The number of carbonyl (C=O) groups excluding carboxylic acids is 1. The van der Waals surface area contributed by atoms with Crippen molar-refractivity contribution in [2.24, 2.45) is 0 Å². The van der Waals surface area contributed by atoms with E-state index < -0.39 is 12.5 Å². The number of carboxylic acids is 1. The van der Waals surface area contributed by atoms with Crippen molar-refractivity contribution < 1.29 is 19.4 Å². The summed E-state index contributed by atoms with van der Waals surface area (Å²) in [6.07, 6.45) is 0.759. The van der Waals surface area contributed by atoms with Crippen molar-refractivity contribution in [1.29, 1.82) is 0 Å². The molecule has 0 radical (unpaired) electrons. The molecule has 2 rings (SSSR count). The second kappa shape index (κ2) is 6.78. The van der Waals surface area contributed by atoms with Crippen molar-refractivity contribution in [3.05, 3.63) is 29.3 Å². The molecule has 21 heavy (non-hydrogen) atoms. The summed E-state index contributed by atoms with van der Waals surface area (Å²) in [5, 5.41) is 9.56. The number of hydrogen-bond acceptors (Lipinski definition) is 3. The van der Waals surface area contributed by atoms with Gasteiger partial charge in [0, 0.05) is 30.9 Å². The van der Waals surface area contributed by atoms with E-state index in [0.29, 0.717) is 23.8 Å². The monoisotopic (exact) mass is 312 g/mol. The molecule has 0 spiro atoms. The third kappa shape index (κ3) is 3.86. The highest BCUT2D eigenvalue weighted by molar-refractivity contribution is 6.30. The summed E-state index contributed by atoms with van der Waals surface area (Å²) in [5.74, 6) is -1.07. The number of hydrogen-bond donors (Lipinski definition) is 1. The Kier molecular flexibility index (Phi) is 5.03. The third-order valence-corrected chi connectivity index (χ3v) is 3.66. The molecule has 0 saturated carbocycles. The Morgan fingerprint density at radius 3 is 2.62 bits per heavy atom. The maximum atomic E-state index is 12.5. The number of anilines is 1. The van der Waals surface area contributed by atoms with Crippen LogP contribution in [0.4, 0.5) is 10.5 Å². The molecule has 7 heteroatoms. The number of benzene rings is 1. The lowest BCUT2D eigenvalue weighted by Crippen LogP contribution is -2.45. The van der Waals surface area contributed by atoms with Crippen LogP contribution in [0.15, 0.2) is 24.3 Å². The van der Waals surface area contributed by atoms with Gasteiger partial charge in [0.2, 0.25) is 0 Å². The number of carbonyl (C=O) groups is 2. The lowest BCUT2D eigenvalue weighted by Gasteiger charge is -2.27. The van der Waals surface area contributed by atoms with Gasteiger partial charge in [-0.2, -0.15) is 0 Å². The minimum absolute atomic E-state index is 0.00541. The van der Waals surface area contributed by atoms with E-state index in [4.69, 9.17) is 21.4 Å². The summed E-state index contributed by atoms with van der Waals surface area (Å²) in [4.78, 5) is 26.4. The van der Waals surface area contributed by atoms with Crippen LogP contribution in [0.5, 0.6) is 0 Å². The van der Waals surface area contributed by atoms with Gasteiger partial charge in [-0.1, -0.05) is 11.6 Å². The first-order valence-corrected chi connectivity index (χ1v) is 6.95. The molecule has 0 aromatic heterocycles. The van der Waals surface area contributed by atoms with E-state index in [9.17, 15) is 9.59 Å². The summed E-state index contributed by atoms with van der Waals surface area (Å²) < 4.78 is 5.23. The Morgan fingerprint density at radius 2 is 2.10 bits per heavy atom. The van der Waals surface area contributed by atoms with Crippen molar-refractivity contribution in [3.63, 3.8) is 0 Å². The van der Waals surface area contributed by atoms with Crippen LogP contribution in [0.25, 0.3) is 0 Å². The number of urea groups is 1. The Bertz CT molecular complexity index is 520. The zero-order chi connectivity index (χ0) is 15.4. The van der Waals surface area contributed by atoms with Crippen LogP contribution < -0.4 is 4.90 Å². The predicted octanol–water partition coefficient (Wildman–Crippen LogP) is 2.07. The van der Waals surface area contributed by atoms with Gasteiger partial charge >= 0.3 is 12.0 Å². The van der Waals surface area contributed by atoms with Gasteiger partial charge in [0.25, 0.3) is 0 Å². The van der Waals surface area contributed by atoms with Crippen LogP contribution in [0, 0.1) is 0 Å². The zero-order valence-corrected chi connectivity index (χ0v) is 12.4. The van der Waals surface area contributed by atoms with Crippen LogP contribution >= 0.6 is 11.6 Å². The number of nitrogens with zero attached hydrogens (tertiary/aromatic N) is 2. The molecule has 1 unspecified atom stereocenters. The number of amides is 2. The van der Waals surface area contributed by atoms with Gasteiger partial charge in [0.05, 0.1) is 6.10 Å². The van der Waals surface area contributed by atoms with Crippen molar-refractivity contribution >= 4 is 29.3 Å². The molecule has 1 aromatic rings. The van der Waals surface area contributed by atoms with E-state index in [2.05, 4.69) is 0 Å². The van der Waals surface area contributed by atoms with E-state index in [0.717, 1.165) is 6.42 Å². The van der Waals surface area contributed by atoms with Crippen molar-refractivity contribution in [2.75, 3.05) is 31.6 Å². The number of rotatable bonds is 4. The van der Waals surface area contributed by atoms with Gasteiger partial charge in [-0.15, -0.1) is 0 Å². The minimum atomic E-state index is -1.07. The number of aliphatic carboxylic acids is 1. The lowest BCUT2D eigenvalue weighted by molar-refractivity contribution is -0.135. The Morgan fingerprint density at radius 1 is 1.43 bits per heavy atom. The van der Waals surface area contributed by atoms with Crippen LogP contribution in [0.1, 0.15) is 6.42 Å². The van der Waals surface area contributed by atoms with Gasteiger partial charge in [-0.3, -0.25) is 9.69 Å². The van der Waals surface area contributed by atoms with Gasteiger partial charge < -0.3 is 14.7 Å². The fraction of sp³-hybridized carbons (Fsp3) is 0.429. The average Bonchev–Trinajstić information content (AvgIpc) is 2.94. The molecule has 6 nitrogen and oxygen atoms in total. The summed E-state index contributed by atoms with van der Waals surface area (Å²) in [6, 6.07) is 6.18. The van der Waals surface area contributed by atoms with Crippen LogP contribution in [0.2, 0.25) is 5.02 Å². The van der Waals surface area contributed by atoms with E-state index in [1.165, 1.54) is 4.90 Å². The molecule has 2 amide bonds. The fourth-order valence-electron chi connectivity index (χ4n) is 2.29. The van der Waals surface area contributed by atoms with Gasteiger partial charge in [0.1, 0.15) is 6.54 Å². The molecule has 1 heterocycles. The zero-order valence-electron chi connectivity index (χ0n) is 11.7. The molecular weight excluding hydrogens is 296 g/mol. The molecule has 1 atom stereocenters. The molecule has 1 fully saturated rings. The first-order valence-electron chi connectivity index (χ1n) is 6.58. The van der Waals surface area contributed by atoms with Gasteiger partial charge in [-0.05, 0) is 30.7 Å². The number of ether oxygens (including phenoxy) is 1. The molecule has 1 aliphatic heterocycles. The summed E-state index contributed by atoms with van der Waals surface area (Å²) in [5.41, 5.74) is 0.507. The number of halogens is 1. The smallest absolute Gasteiger partial charge is 0.325 e. The standard InChI is InChI=1S/C14H17ClN2O4/c1-21-12-6-7-16(8-12)14(20)17(9-13(18)19)11-4-2-10(15)3-5-11/h2-5,12H,6-9H2,1H3,(H,18,19).